The predicted molar refractivity (Wildman–Crippen MR) is 64.0 cm³/mol. The minimum absolute atomic E-state index is 0.697. The van der Waals surface area contributed by atoms with Gasteiger partial charge in [0.2, 0.25) is 4.96 Å². The lowest BCUT2D eigenvalue weighted by Crippen LogP contribution is -1.77. The van der Waals surface area contributed by atoms with Crippen molar-refractivity contribution in [2.45, 2.75) is 0 Å². The molecule has 0 radical (unpaired) electrons. The molecular formula is C8H3Br2N3OS. The highest BCUT2D eigenvalue weighted by Crippen LogP contribution is 2.27. The molecule has 0 aliphatic rings. The number of fused-ring (bicyclic) bond motifs is 1. The number of furan rings is 1. The van der Waals surface area contributed by atoms with Crippen LogP contribution in [0.2, 0.25) is 0 Å². The maximum atomic E-state index is 5.40. The number of imidazole rings is 1. The first kappa shape index (κ1) is 9.56. The van der Waals surface area contributed by atoms with Crippen LogP contribution in [0.1, 0.15) is 0 Å². The second-order valence-electron chi connectivity index (χ2n) is 2.81. The highest BCUT2D eigenvalue weighted by atomic mass is 79.9. The highest BCUT2D eigenvalue weighted by molar-refractivity contribution is 9.11. The summed E-state index contributed by atoms with van der Waals surface area (Å²) in [5.74, 6) is 0.732. The van der Waals surface area contributed by atoms with E-state index in [1.165, 1.54) is 11.3 Å². The number of rotatable bonds is 1. The Kier molecular flexibility index (Phi) is 2.18. The van der Waals surface area contributed by atoms with E-state index in [0.29, 0.717) is 4.67 Å². The summed E-state index contributed by atoms with van der Waals surface area (Å²) in [5, 5.41) is 4.20. The summed E-state index contributed by atoms with van der Waals surface area (Å²) in [5.41, 5.74) is 0.784. The lowest BCUT2D eigenvalue weighted by molar-refractivity contribution is 0.554. The van der Waals surface area contributed by atoms with Crippen molar-refractivity contribution in [2.24, 2.45) is 0 Å². The van der Waals surface area contributed by atoms with E-state index < -0.39 is 0 Å². The molecule has 0 amide bonds. The van der Waals surface area contributed by atoms with Crippen LogP contribution >= 0.6 is 43.2 Å². The van der Waals surface area contributed by atoms with Gasteiger partial charge in [-0.25, -0.2) is 9.50 Å². The molecule has 0 aliphatic carbocycles. The molecule has 0 atom stereocenters. The van der Waals surface area contributed by atoms with Crippen LogP contribution in [0.5, 0.6) is 0 Å². The van der Waals surface area contributed by atoms with Gasteiger partial charge in [-0.1, -0.05) is 11.3 Å². The third-order valence-electron chi connectivity index (χ3n) is 1.84. The van der Waals surface area contributed by atoms with Gasteiger partial charge in [-0.3, -0.25) is 0 Å². The summed E-state index contributed by atoms with van der Waals surface area (Å²) in [6.07, 6.45) is 1.84. The third kappa shape index (κ3) is 1.64. The van der Waals surface area contributed by atoms with Crippen LogP contribution in [-0.2, 0) is 0 Å². The summed E-state index contributed by atoms with van der Waals surface area (Å²) in [6, 6.07) is 3.71. The molecule has 76 valence electrons. The Bertz CT molecular complexity index is 595. The first-order valence-corrected chi connectivity index (χ1v) is 6.40. The fourth-order valence-electron chi connectivity index (χ4n) is 1.25. The van der Waals surface area contributed by atoms with Gasteiger partial charge in [0.05, 0.1) is 6.20 Å². The van der Waals surface area contributed by atoms with Crippen molar-refractivity contribution in [1.29, 1.82) is 0 Å². The SMILES string of the molecule is Brc1ccc(-c2cn3nc(Br)sc3n2)o1. The first-order valence-electron chi connectivity index (χ1n) is 4.00. The quantitative estimate of drug-likeness (QED) is 0.675. The van der Waals surface area contributed by atoms with Crippen LogP contribution in [-0.4, -0.2) is 14.6 Å². The Morgan fingerprint density at radius 1 is 1.33 bits per heavy atom. The predicted octanol–water partition coefficient (Wildman–Crippen LogP) is 3.58. The standard InChI is InChI=1S/C8H3Br2N3OS/c9-6-2-1-5(14-6)4-3-13-8(11-4)15-7(10)12-13/h1-3H. The normalized spacial score (nSPS) is 11.3. The number of nitrogens with zero attached hydrogens (tertiary/aromatic N) is 3. The monoisotopic (exact) mass is 347 g/mol. The molecule has 0 saturated heterocycles. The first-order chi connectivity index (χ1) is 7.22. The van der Waals surface area contributed by atoms with Crippen LogP contribution in [0.25, 0.3) is 16.4 Å². The molecule has 0 saturated carbocycles. The number of halogens is 2. The van der Waals surface area contributed by atoms with Gasteiger partial charge in [-0.15, -0.1) is 5.10 Å². The molecule has 3 rings (SSSR count). The second-order valence-corrected chi connectivity index (χ2v) is 5.83. The lowest BCUT2D eigenvalue weighted by Gasteiger charge is -1.86. The van der Waals surface area contributed by atoms with Gasteiger partial charge < -0.3 is 4.42 Å². The van der Waals surface area contributed by atoms with Crippen molar-refractivity contribution in [3.05, 3.63) is 26.9 Å². The maximum absolute atomic E-state index is 5.40. The second kappa shape index (κ2) is 3.43. The molecule has 0 aliphatic heterocycles. The maximum Gasteiger partial charge on any atom is 0.213 e. The van der Waals surface area contributed by atoms with Crippen molar-refractivity contribution in [3.8, 4) is 11.5 Å². The Morgan fingerprint density at radius 2 is 2.20 bits per heavy atom. The van der Waals surface area contributed by atoms with Gasteiger partial charge in [0.1, 0.15) is 5.69 Å². The Hall–Kier alpha value is -0.660. The summed E-state index contributed by atoms with van der Waals surface area (Å²) in [4.78, 5) is 5.23. The zero-order valence-corrected chi connectivity index (χ0v) is 11.1. The van der Waals surface area contributed by atoms with Crippen LogP contribution < -0.4 is 0 Å². The van der Waals surface area contributed by atoms with Gasteiger partial charge in [-0.05, 0) is 44.0 Å². The van der Waals surface area contributed by atoms with E-state index in [1.807, 2.05) is 18.3 Å². The van der Waals surface area contributed by atoms with E-state index in [9.17, 15) is 0 Å². The third-order valence-corrected chi connectivity index (χ3v) is 3.63. The van der Waals surface area contributed by atoms with Gasteiger partial charge in [0, 0.05) is 0 Å². The van der Waals surface area contributed by atoms with E-state index in [2.05, 4.69) is 41.9 Å². The topological polar surface area (TPSA) is 43.3 Å². The summed E-state index contributed by atoms with van der Waals surface area (Å²) < 4.78 is 8.64. The van der Waals surface area contributed by atoms with E-state index in [1.54, 1.807) is 4.52 Å². The zero-order valence-electron chi connectivity index (χ0n) is 7.15. The van der Waals surface area contributed by atoms with Crippen molar-refractivity contribution in [2.75, 3.05) is 0 Å². The Labute approximate surface area is 105 Å². The molecule has 15 heavy (non-hydrogen) atoms. The van der Waals surface area contributed by atoms with Gasteiger partial charge in [0.25, 0.3) is 0 Å². The van der Waals surface area contributed by atoms with Crippen LogP contribution in [0.15, 0.2) is 31.3 Å². The summed E-state index contributed by atoms with van der Waals surface area (Å²) >= 11 is 8.04. The summed E-state index contributed by atoms with van der Waals surface area (Å²) in [6.45, 7) is 0. The zero-order chi connectivity index (χ0) is 10.4. The summed E-state index contributed by atoms with van der Waals surface area (Å²) in [7, 11) is 0. The molecule has 0 spiro atoms. The molecule has 3 aromatic rings. The molecule has 0 bridgehead atoms. The lowest BCUT2D eigenvalue weighted by atomic mass is 10.4. The van der Waals surface area contributed by atoms with E-state index in [4.69, 9.17) is 4.42 Å². The van der Waals surface area contributed by atoms with E-state index in [0.717, 1.165) is 20.3 Å². The van der Waals surface area contributed by atoms with E-state index in [-0.39, 0.29) is 0 Å². The van der Waals surface area contributed by atoms with Crippen molar-refractivity contribution >= 4 is 48.2 Å². The van der Waals surface area contributed by atoms with Crippen molar-refractivity contribution < 1.29 is 4.42 Å². The minimum Gasteiger partial charge on any atom is -0.448 e. The van der Waals surface area contributed by atoms with Crippen LogP contribution in [0, 0.1) is 0 Å². The Balaban J connectivity index is 2.15. The molecule has 0 unspecified atom stereocenters. The molecule has 4 nitrogen and oxygen atoms in total. The van der Waals surface area contributed by atoms with Crippen LogP contribution in [0.3, 0.4) is 0 Å². The smallest absolute Gasteiger partial charge is 0.213 e. The molecule has 0 fully saturated rings. The average molecular weight is 349 g/mol. The Morgan fingerprint density at radius 3 is 2.87 bits per heavy atom. The van der Waals surface area contributed by atoms with Crippen LogP contribution in [0.4, 0.5) is 0 Å². The van der Waals surface area contributed by atoms with Gasteiger partial charge in [0.15, 0.2) is 14.3 Å². The average Bonchev–Trinajstić information content (AvgIpc) is 2.78. The van der Waals surface area contributed by atoms with Gasteiger partial charge >= 0.3 is 0 Å². The number of hydrogen-bond acceptors (Lipinski definition) is 4. The molecular weight excluding hydrogens is 346 g/mol. The minimum atomic E-state index is 0.697. The molecule has 0 aromatic carbocycles. The molecule has 7 heteroatoms. The van der Waals surface area contributed by atoms with Gasteiger partial charge in [-0.2, -0.15) is 0 Å². The fourth-order valence-corrected chi connectivity index (χ4v) is 2.77. The van der Waals surface area contributed by atoms with Crippen molar-refractivity contribution in [3.63, 3.8) is 0 Å². The molecule has 3 heterocycles. The number of aromatic nitrogens is 3. The highest BCUT2D eigenvalue weighted by Gasteiger charge is 2.10. The van der Waals surface area contributed by atoms with E-state index >= 15 is 0 Å². The van der Waals surface area contributed by atoms with Crippen molar-refractivity contribution in [1.82, 2.24) is 14.6 Å². The molecule has 3 aromatic heterocycles. The number of hydrogen-bond donors (Lipinski definition) is 0. The largest absolute Gasteiger partial charge is 0.448 e. The molecule has 0 N–H and O–H groups in total. The fraction of sp³-hybridized carbons (Fsp3) is 0.